The van der Waals surface area contributed by atoms with E-state index in [2.05, 4.69) is 5.32 Å². The molecule has 88 valence electrons. The first kappa shape index (κ1) is 11.3. The number of benzene rings is 1. The quantitative estimate of drug-likeness (QED) is 0.779. The molecule has 2 aromatic rings. The Bertz CT molecular complexity index is 558. The summed E-state index contributed by atoms with van der Waals surface area (Å²) >= 11 is 0. The van der Waals surface area contributed by atoms with Crippen molar-refractivity contribution >= 4 is 17.3 Å². The molecule has 0 saturated carbocycles. The van der Waals surface area contributed by atoms with Crippen LogP contribution in [0.5, 0.6) is 0 Å². The lowest BCUT2D eigenvalue weighted by molar-refractivity contribution is 0.102. The van der Waals surface area contributed by atoms with E-state index in [0.29, 0.717) is 17.0 Å². The first-order valence-corrected chi connectivity index (χ1v) is 5.29. The number of nitrogen functional groups attached to an aromatic ring is 1. The molecule has 0 spiro atoms. The number of amides is 1. The van der Waals surface area contributed by atoms with E-state index in [0.717, 1.165) is 11.3 Å². The second kappa shape index (κ2) is 4.33. The van der Waals surface area contributed by atoms with Crippen molar-refractivity contribution in [1.82, 2.24) is 0 Å². The highest BCUT2D eigenvalue weighted by Gasteiger charge is 2.11. The highest BCUT2D eigenvalue weighted by atomic mass is 16.3. The van der Waals surface area contributed by atoms with E-state index < -0.39 is 0 Å². The van der Waals surface area contributed by atoms with Gasteiger partial charge in [0.15, 0.2) is 0 Å². The molecule has 0 aliphatic heterocycles. The lowest BCUT2D eigenvalue weighted by Gasteiger charge is -2.06. The topological polar surface area (TPSA) is 68.3 Å². The number of rotatable bonds is 2. The summed E-state index contributed by atoms with van der Waals surface area (Å²) in [5, 5.41) is 2.80. The van der Waals surface area contributed by atoms with Crippen LogP contribution in [0.1, 0.15) is 21.7 Å². The SMILES string of the molecule is Cc1cc(NC(=O)c2ccoc2C)ccc1N. The third kappa shape index (κ3) is 2.30. The number of nitrogens with two attached hydrogens (primary N) is 1. The van der Waals surface area contributed by atoms with Gasteiger partial charge in [-0.05, 0) is 43.7 Å². The van der Waals surface area contributed by atoms with Gasteiger partial charge in [-0.2, -0.15) is 0 Å². The molecule has 0 aliphatic carbocycles. The molecular formula is C13H14N2O2. The van der Waals surface area contributed by atoms with E-state index in [1.165, 1.54) is 6.26 Å². The predicted octanol–water partition coefficient (Wildman–Crippen LogP) is 2.73. The Morgan fingerprint density at radius 3 is 2.65 bits per heavy atom. The van der Waals surface area contributed by atoms with Crippen molar-refractivity contribution in [2.75, 3.05) is 11.1 Å². The molecular weight excluding hydrogens is 216 g/mol. The minimum atomic E-state index is -0.180. The fourth-order valence-electron chi connectivity index (χ4n) is 1.57. The minimum Gasteiger partial charge on any atom is -0.469 e. The third-order valence-electron chi connectivity index (χ3n) is 2.63. The second-order valence-electron chi connectivity index (χ2n) is 3.92. The minimum absolute atomic E-state index is 0.180. The van der Waals surface area contributed by atoms with Crippen LogP contribution in [0.25, 0.3) is 0 Å². The smallest absolute Gasteiger partial charge is 0.259 e. The summed E-state index contributed by atoms with van der Waals surface area (Å²) in [5.74, 6) is 0.426. The van der Waals surface area contributed by atoms with Crippen molar-refractivity contribution < 1.29 is 9.21 Å². The zero-order valence-corrected chi connectivity index (χ0v) is 9.78. The third-order valence-corrected chi connectivity index (χ3v) is 2.63. The molecule has 0 unspecified atom stereocenters. The summed E-state index contributed by atoms with van der Waals surface area (Å²) < 4.78 is 5.09. The van der Waals surface area contributed by atoms with Crippen molar-refractivity contribution in [2.45, 2.75) is 13.8 Å². The maximum atomic E-state index is 11.9. The van der Waals surface area contributed by atoms with Crippen LogP contribution in [-0.2, 0) is 0 Å². The maximum Gasteiger partial charge on any atom is 0.259 e. The molecule has 0 fully saturated rings. The number of furan rings is 1. The maximum absolute atomic E-state index is 11.9. The monoisotopic (exact) mass is 230 g/mol. The van der Waals surface area contributed by atoms with Crippen molar-refractivity contribution in [3.8, 4) is 0 Å². The van der Waals surface area contributed by atoms with Gasteiger partial charge in [0, 0.05) is 11.4 Å². The molecule has 0 bridgehead atoms. The summed E-state index contributed by atoms with van der Waals surface area (Å²) in [4.78, 5) is 11.9. The van der Waals surface area contributed by atoms with Crippen LogP contribution in [0.3, 0.4) is 0 Å². The number of hydrogen-bond acceptors (Lipinski definition) is 3. The van der Waals surface area contributed by atoms with Gasteiger partial charge in [0.05, 0.1) is 11.8 Å². The standard InChI is InChI=1S/C13H14N2O2/c1-8-7-10(3-4-12(8)14)15-13(16)11-5-6-17-9(11)2/h3-7H,14H2,1-2H3,(H,15,16). The normalized spacial score (nSPS) is 10.2. The van der Waals surface area contributed by atoms with Gasteiger partial charge in [0.25, 0.3) is 5.91 Å². The van der Waals surface area contributed by atoms with Gasteiger partial charge in [-0.1, -0.05) is 0 Å². The summed E-state index contributed by atoms with van der Waals surface area (Å²) in [6.07, 6.45) is 1.50. The van der Waals surface area contributed by atoms with Crippen LogP contribution >= 0.6 is 0 Å². The van der Waals surface area contributed by atoms with E-state index in [9.17, 15) is 4.79 Å². The number of aryl methyl sites for hydroxylation is 2. The Labute approximate surface area is 99.4 Å². The Morgan fingerprint density at radius 2 is 2.06 bits per heavy atom. The zero-order valence-electron chi connectivity index (χ0n) is 9.78. The summed E-state index contributed by atoms with van der Waals surface area (Å²) in [6.45, 7) is 3.65. The molecule has 0 radical (unpaired) electrons. The van der Waals surface area contributed by atoms with Crippen LogP contribution in [0.2, 0.25) is 0 Å². The summed E-state index contributed by atoms with van der Waals surface area (Å²) in [5.41, 5.74) is 8.62. The summed E-state index contributed by atoms with van der Waals surface area (Å²) in [6, 6.07) is 7.03. The fraction of sp³-hybridized carbons (Fsp3) is 0.154. The van der Waals surface area contributed by atoms with Crippen LogP contribution in [-0.4, -0.2) is 5.91 Å². The Balaban J connectivity index is 2.19. The molecule has 17 heavy (non-hydrogen) atoms. The lowest BCUT2D eigenvalue weighted by Crippen LogP contribution is -2.12. The second-order valence-corrected chi connectivity index (χ2v) is 3.92. The number of carbonyl (C=O) groups excluding carboxylic acids is 1. The van der Waals surface area contributed by atoms with E-state index in [1.807, 2.05) is 13.0 Å². The molecule has 1 heterocycles. The Morgan fingerprint density at radius 1 is 1.29 bits per heavy atom. The van der Waals surface area contributed by atoms with Crippen molar-refractivity contribution in [3.05, 3.63) is 47.4 Å². The van der Waals surface area contributed by atoms with Gasteiger partial charge in [-0.25, -0.2) is 0 Å². The van der Waals surface area contributed by atoms with Gasteiger partial charge < -0.3 is 15.5 Å². The van der Waals surface area contributed by atoms with Crippen LogP contribution in [0.4, 0.5) is 11.4 Å². The molecule has 1 aromatic heterocycles. The predicted molar refractivity (Wildman–Crippen MR) is 67.0 cm³/mol. The largest absolute Gasteiger partial charge is 0.469 e. The average molecular weight is 230 g/mol. The van der Waals surface area contributed by atoms with Crippen molar-refractivity contribution in [1.29, 1.82) is 0 Å². The van der Waals surface area contributed by atoms with Crippen LogP contribution < -0.4 is 11.1 Å². The van der Waals surface area contributed by atoms with Crippen molar-refractivity contribution in [2.24, 2.45) is 0 Å². The molecule has 4 nitrogen and oxygen atoms in total. The number of nitrogens with one attached hydrogen (secondary N) is 1. The lowest BCUT2D eigenvalue weighted by atomic mass is 10.1. The van der Waals surface area contributed by atoms with E-state index in [-0.39, 0.29) is 5.91 Å². The number of anilines is 2. The van der Waals surface area contributed by atoms with E-state index in [4.69, 9.17) is 10.2 Å². The summed E-state index contributed by atoms with van der Waals surface area (Å²) in [7, 11) is 0. The fourth-order valence-corrected chi connectivity index (χ4v) is 1.57. The molecule has 2 rings (SSSR count). The van der Waals surface area contributed by atoms with Crippen LogP contribution in [0, 0.1) is 13.8 Å². The number of hydrogen-bond donors (Lipinski definition) is 2. The highest BCUT2D eigenvalue weighted by molar-refractivity contribution is 6.05. The molecule has 1 amide bonds. The highest BCUT2D eigenvalue weighted by Crippen LogP contribution is 2.18. The molecule has 0 atom stereocenters. The van der Waals surface area contributed by atoms with Gasteiger partial charge in [-0.3, -0.25) is 4.79 Å². The number of carbonyl (C=O) groups is 1. The Kier molecular flexibility index (Phi) is 2.87. The first-order chi connectivity index (χ1) is 8.08. The average Bonchev–Trinajstić information content (AvgIpc) is 2.70. The first-order valence-electron chi connectivity index (χ1n) is 5.29. The molecule has 0 aliphatic rings. The van der Waals surface area contributed by atoms with Gasteiger partial charge in [0.1, 0.15) is 5.76 Å². The van der Waals surface area contributed by atoms with Gasteiger partial charge >= 0.3 is 0 Å². The van der Waals surface area contributed by atoms with Gasteiger partial charge in [0.2, 0.25) is 0 Å². The van der Waals surface area contributed by atoms with Crippen LogP contribution in [0.15, 0.2) is 34.9 Å². The van der Waals surface area contributed by atoms with E-state index in [1.54, 1.807) is 25.1 Å². The van der Waals surface area contributed by atoms with E-state index >= 15 is 0 Å². The molecule has 0 saturated heterocycles. The zero-order chi connectivity index (χ0) is 12.4. The Hall–Kier alpha value is -2.23. The van der Waals surface area contributed by atoms with Gasteiger partial charge in [-0.15, -0.1) is 0 Å². The van der Waals surface area contributed by atoms with Crippen molar-refractivity contribution in [3.63, 3.8) is 0 Å². The molecule has 3 N–H and O–H groups in total. The molecule has 1 aromatic carbocycles. The molecule has 4 heteroatoms.